The first-order valence-electron chi connectivity index (χ1n) is 7.75. The van der Waals surface area contributed by atoms with Crippen molar-refractivity contribution in [2.45, 2.75) is 46.1 Å². The van der Waals surface area contributed by atoms with Crippen molar-refractivity contribution in [3.63, 3.8) is 0 Å². The summed E-state index contributed by atoms with van der Waals surface area (Å²) in [5.74, 6) is 0.273. The first-order chi connectivity index (χ1) is 10.6. The number of hydrogen-bond acceptors (Lipinski definition) is 5. The average molecular weight is 320 g/mol. The highest BCUT2D eigenvalue weighted by Crippen LogP contribution is 2.35. The largest absolute Gasteiger partial charge is 0.464 e. The van der Waals surface area contributed by atoms with Gasteiger partial charge in [0.2, 0.25) is 0 Å². The third-order valence-corrected chi connectivity index (χ3v) is 5.21. The molecule has 22 heavy (non-hydrogen) atoms. The second-order valence-electron chi connectivity index (χ2n) is 5.93. The van der Waals surface area contributed by atoms with E-state index >= 15 is 0 Å². The van der Waals surface area contributed by atoms with Crippen molar-refractivity contribution in [1.82, 2.24) is 9.55 Å². The fraction of sp³-hybridized carbons (Fsp3) is 0.562. The highest BCUT2D eigenvalue weighted by molar-refractivity contribution is 7.18. The SMILES string of the molecule is CCCOC(=O)Cn1cnc2sc3c(c2c1=O)CC[C@@H](C)C3. The molecule has 1 aliphatic carbocycles. The summed E-state index contributed by atoms with van der Waals surface area (Å²) in [7, 11) is 0. The van der Waals surface area contributed by atoms with Crippen molar-refractivity contribution in [3.8, 4) is 0 Å². The van der Waals surface area contributed by atoms with Gasteiger partial charge in [0.1, 0.15) is 11.4 Å². The molecule has 2 heterocycles. The fourth-order valence-corrected chi connectivity index (χ4v) is 4.22. The van der Waals surface area contributed by atoms with Gasteiger partial charge in [-0.2, -0.15) is 0 Å². The van der Waals surface area contributed by atoms with Gasteiger partial charge in [0.25, 0.3) is 5.56 Å². The van der Waals surface area contributed by atoms with Gasteiger partial charge in [0.15, 0.2) is 0 Å². The Kier molecular flexibility index (Phi) is 4.29. The van der Waals surface area contributed by atoms with Crippen molar-refractivity contribution in [1.29, 1.82) is 0 Å². The molecule has 2 aromatic rings. The summed E-state index contributed by atoms with van der Waals surface area (Å²) in [6.45, 7) is 4.49. The highest BCUT2D eigenvalue weighted by Gasteiger charge is 2.23. The van der Waals surface area contributed by atoms with Crippen LogP contribution in [0.3, 0.4) is 0 Å². The summed E-state index contributed by atoms with van der Waals surface area (Å²) < 4.78 is 6.41. The van der Waals surface area contributed by atoms with Gasteiger partial charge in [-0.25, -0.2) is 4.98 Å². The highest BCUT2D eigenvalue weighted by atomic mass is 32.1. The predicted octanol–water partition coefficient (Wildman–Crippen LogP) is 2.54. The van der Waals surface area contributed by atoms with Crippen molar-refractivity contribution in [3.05, 3.63) is 27.1 Å². The van der Waals surface area contributed by atoms with Crippen LogP contribution >= 0.6 is 11.3 Å². The summed E-state index contributed by atoms with van der Waals surface area (Å²) in [6.07, 6.45) is 5.29. The second-order valence-corrected chi connectivity index (χ2v) is 7.01. The number of carbonyl (C=O) groups is 1. The molecule has 0 unspecified atom stereocenters. The molecule has 0 aliphatic heterocycles. The molecule has 0 spiro atoms. The molecule has 0 amide bonds. The van der Waals surface area contributed by atoms with Crippen LogP contribution in [0.1, 0.15) is 37.1 Å². The Bertz CT molecular complexity index is 763. The molecule has 2 aromatic heterocycles. The van der Waals surface area contributed by atoms with Crippen LogP contribution in [-0.4, -0.2) is 22.1 Å². The van der Waals surface area contributed by atoms with Crippen LogP contribution in [0.4, 0.5) is 0 Å². The van der Waals surface area contributed by atoms with E-state index in [9.17, 15) is 9.59 Å². The lowest BCUT2D eigenvalue weighted by molar-refractivity contribution is -0.144. The maximum Gasteiger partial charge on any atom is 0.326 e. The third-order valence-electron chi connectivity index (χ3n) is 4.05. The monoisotopic (exact) mass is 320 g/mol. The fourth-order valence-electron chi connectivity index (χ4n) is 2.88. The standard InChI is InChI=1S/C16H20N2O3S/c1-3-6-21-13(19)8-18-9-17-15-14(16(18)20)11-5-4-10(2)7-12(11)22-15/h9-10H,3-8H2,1-2H3/t10-/m1/s1. The molecule has 3 rings (SSSR count). The van der Waals surface area contributed by atoms with Gasteiger partial charge in [-0.05, 0) is 37.2 Å². The van der Waals surface area contributed by atoms with Crippen LogP contribution in [0.5, 0.6) is 0 Å². The van der Waals surface area contributed by atoms with E-state index in [1.807, 2.05) is 6.92 Å². The zero-order valence-electron chi connectivity index (χ0n) is 12.9. The van der Waals surface area contributed by atoms with Crippen molar-refractivity contribution >= 4 is 27.5 Å². The number of hydrogen-bond donors (Lipinski definition) is 0. The van der Waals surface area contributed by atoms with Gasteiger partial charge < -0.3 is 4.74 Å². The Morgan fingerprint density at radius 2 is 2.36 bits per heavy atom. The Hall–Kier alpha value is -1.69. The molecule has 0 aromatic carbocycles. The number of esters is 1. The molecular formula is C16H20N2O3S. The smallest absolute Gasteiger partial charge is 0.326 e. The predicted molar refractivity (Wildman–Crippen MR) is 86.3 cm³/mol. The minimum Gasteiger partial charge on any atom is -0.464 e. The van der Waals surface area contributed by atoms with Gasteiger partial charge in [-0.1, -0.05) is 13.8 Å². The average Bonchev–Trinajstić information content (AvgIpc) is 2.86. The van der Waals surface area contributed by atoms with Gasteiger partial charge >= 0.3 is 5.97 Å². The lowest BCUT2D eigenvalue weighted by Gasteiger charge is -2.17. The first kappa shape index (κ1) is 15.2. The summed E-state index contributed by atoms with van der Waals surface area (Å²) >= 11 is 1.62. The number of fused-ring (bicyclic) bond motifs is 3. The quantitative estimate of drug-likeness (QED) is 0.812. The maximum absolute atomic E-state index is 12.7. The zero-order chi connectivity index (χ0) is 15.7. The summed E-state index contributed by atoms with van der Waals surface area (Å²) in [4.78, 5) is 30.9. The molecule has 0 saturated carbocycles. The molecule has 5 nitrogen and oxygen atoms in total. The van der Waals surface area contributed by atoms with Crippen LogP contribution in [0, 0.1) is 5.92 Å². The van der Waals surface area contributed by atoms with E-state index in [1.54, 1.807) is 11.3 Å². The Morgan fingerprint density at radius 1 is 1.55 bits per heavy atom. The van der Waals surface area contributed by atoms with Crippen LogP contribution in [-0.2, 0) is 28.9 Å². The van der Waals surface area contributed by atoms with E-state index < -0.39 is 0 Å². The molecule has 6 heteroatoms. The van der Waals surface area contributed by atoms with Crippen LogP contribution in [0.2, 0.25) is 0 Å². The zero-order valence-corrected chi connectivity index (χ0v) is 13.7. The lowest BCUT2D eigenvalue weighted by atomic mass is 9.89. The molecular weight excluding hydrogens is 300 g/mol. The van der Waals surface area contributed by atoms with E-state index in [1.165, 1.54) is 15.8 Å². The molecule has 1 aliphatic rings. The normalized spacial score (nSPS) is 17.5. The van der Waals surface area contributed by atoms with E-state index in [-0.39, 0.29) is 18.1 Å². The van der Waals surface area contributed by atoms with Crippen molar-refractivity contribution in [2.24, 2.45) is 5.92 Å². The van der Waals surface area contributed by atoms with E-state index in [0.717, 1.165) is 36.1 Å². The summed E-state index contributed by atoms with van der Waals surface area (Å²) in [5, 5.41) is 0.706. The second kappa shape index (κ2) is 6.20. The Labute approximate surface area is 132 Å². The van der Waals surface area contributed by atoms with E-state index in [2.05, 4.69) is 11.9 Å². The van der Waals surface area contributed by atoms with E-state index in [4.69, 9.17) is 4.74 Å². The van der Waals surface area contributed by atoms with Gasteiger partial charge in [0.05, 0.1) is 18.3 Å². The lowest BCUT2D eigenvalue weighted by Crippen LogP contribution is -2.26. The molecule has 0 saturated heterocycles. The number of aromatic nitrogens is 2. The van der Waals surface area contributed by atoms with Crippen LogP contribution in [0.15, 0.2) is 11.1 Å². The molecule has 0 fully saturated rings. The van der Waals surface area contributed by atoms with Gasteiger partial charge in [0, 0.05) is 4.88 Å². The topological polar surface area (TPSA) is 61.2 Å². The minimum absolute atomic E-state index is 0.0667. The number of rotatable bonds is 4. The molecule has 1 atom stereocenters. The Morgan fingerprint density at radius 3 is 3.14 bits per heavy atom. The summed E-state index contributed by atoms with van der Waals surface area (Å²) in [6, 6.07) is 0. The number of carbonyl (C=O) groups excluding carboxylic acids is 1. The Balaban J connectivity index is 1.96. The van der Waals surface area contributed by atoms with Gasteiger partial charge in [-0.15, -0.1) is 11.3 Å². The number of nitrogens with zero attached hydrogens (tertiary/aromatic N) is 2. The molecule has 0 bridgehead atoms. The van der Waals surface area contributed by atoms with Crippen molar-refractivity contribution in [2.75, 3.05) is 6.61 Å². The molecule has 118 valence electrons. The first-order valence-corrected chi connectivity index (χ1v) is 8.57. The summed E-state index contributed by atoms with van der Waals surface area (Å²) in [5.41, 5.74) is 1.03. The molecule has 0 N–H and O–H groups in total. The number of aryl methyl sites for hydroxylation is 1. The van der Waals surface area contributed by atoms with Crippen LogP contribution in [0.25, 0.3) is 10.2 Å². The van der Waals surface area contributed by atoms with Gasteiger partial charge in [-0.3, -0.25) is 14.2 Å². The van der Waals surface area contributed by atoms with E-state index in [0.29, 0.717) is 17.9 Å². The number of thiophene rings is 1. The minimum atomic E-state index is -0.386. The van der Waals surface area contributed by atoms with Crippen molar-refractivity contribution < 1.29 is 9.53 Å². The van der Waals surface area contributed by atoms with Crippen LogP contribution < -0.4 is 5.56 Å². The molecule has 0 radical (unpaired) electrons. The maximum atomic E-state index is 12.7. The number of ether oxygens (including phenoxy) is 1. The third kappa shape index (κ3) is 2.79.